The van der Waals surface area contributed by atoms with E-state index in [0.717, 1.165) is 37.2 Å². The van der Waals surface area contributed by atoms with Crippen LogP contribution < -0.4 is 0 Å². The number of hydrogen-bond acceptors (Lipinski definition) is 4. The van der Waals surface area contributed by atoms with E-state index in [-0.39, 0.29) is 11.9 Å². The second-order valence-corrected chi connectivity index (χ2v) is 5.51. The van der Waals surface area contributed by atoms with Gasteiger partial charge >= 0.3 is 0 Å². The summed E-state index contributed by atoms with van der Waals surface area (Å²) in [5, 5.41) is 6.81. The number of hydrogen-bond donors (Lipinski definition) is 1. The number of ether oxygens (including phenoxy) is 1. The summed E-state index contributed by atoms with van der Waals surface area (Å²) in [6.07, 6.45) is 4.54. The molecule has 22 heavy (non-hydrogen) atoms. The SMILES string of the molecule is COCc1ccc(C(=O)N2CCCCC2c2ncn[nH]2)cc1. The van der Waals surface area contributed by atoms with Crippen molar-refractivity contribution in [3.63, 3.8) is 0 Å². The lowest BCUT2D eigenvalue weighted by Gasteiger charge is -2.34. The molecule has 2 aromatic rings. The molecule has 1 N–H and O–H groups in total. The Morgan fingerprint density at radius 3 is 2.86 bits per heavy atom. The number of amides is 1. The van der Waals surface area contributed by atoms with E-state index >= 15 is 0 Å². The van der Waals surface area contributed by atoms with E-state index in [0.29, 0.717) is 12.2 Å². The molecular weight excluding hydrogens is 280 g/mol. The lowest BCUT2D eigenvalue weighted by molar-refractivity contribution is 0.0600. The fourth-order valence-electron chi connectivity index (χ4n) is 2.91. The topological polar surface area (TPSA) is 71.1 Å². The van der Waals surface area contributed by atoms with Gasteiger partial charge in [0.1, 0.15) is 12.2 Å². The molecule has 0 spiro atoms. The molecule has 1 amide bonds. The van der Waals surface area contributed by atoms with Crippen LogP contribution in [0.25, 0.3) is 0 Å². The monoisotopic (exact) mass is 300 g/mol. The van der Waals surface area contributed by atoms with Crippen molar-refractivity contribution in [3.05, 3.63) is 47.5 Å². The van der Waals surface area contributed by atoms with Gasteiger partial charge in [0, 0.05) is 19.2 Å². The van der Waals surface area contributed by atoms with Gasteiger partial charge in [0.05, 0.1) is 12.6 Å². The standard InChI is InChI=1S/C16H20N4O2/c1-22-10-12-5-7-13(8-6-12)16(21)20-9-3-2-4-14(20)15-17-11-18-19-15/h5-8,11,14H,2-4,9-10H2,1H3,(H,17,18,19). The summed E-state index contributed by atoms with van der Waals surface area (Å²) in [4.78, 5) is 18.9. The van der Waals surface area contributed by atoms with Crippen LogP contribution in [0.5, 0.6) is 0 Å². The summed E-state index contributed by atoms with van der Waals surface area (Å²) in [6, 6.07) is 7.59. The number of carbonyl (C=O) groups is 1. The van der Waals surface area contributed by atoms with E-state index < -0.39 is 0 Å². The van der Waals surface area contributed by atoms with Crippen LogP contribution in [0.2, 0.25) is 0 Å². The van der Waals surface area contributed by atoms with Crippen molar-refractivity contribution in [3.8, 4) is 0 Å². The Bertz CT molecular complexity index is 610. The Morgan fingerprint density at radius 1 is 1.36 bits per heavy atom. The highest BCUT2D eigenvalue weighted by Crippen LogP contribution is 2.29. The number of piperidine rings is 1. The van der Waals surface area contributed by atoms with E-state index in [2.05, 4.69) is 15.2 Å². The molecule has 6 nitrogen and oxygen atoms in total. The number of aromatic nitrogens is 3. The lowest BCUT2D eigenvalue weighted by atomic mass is 10.00. The van der Waals surface area contributed by atoms with Gasteiger partial charge in [-0.1, -0.05) is 12.1 Å². The molecule has 1 aliphatic rings. The Labute approximate surface area is 129 Å². The van der Waals surface area contributed by atoms with Crippen molar-refractivity contribution in [2.45, 2.75) is 31.9 Å². The number of nitrogens with one attached hydrogen (secondary N) is 1. The van der Waals surface area contributed by atoms with Gasteiger partial charge < -0.3 is 9.64 Å². The minimum atomic E-state index is -0.0117. The molecule has 116 valence electrons. The molecule has 1 unspecified atom stereocenters. The minimum Gasteiger partial charge on any atom is -0.380 e. The number of likely N-dealkylation sites (tertiary alicyclic amines) is 1. The summed E-state index contributed by atoms with van der Waals surface area (Å²) >= 11 is 0. The third-order valence-corrected chi connectivity index (χ3v) is 4.02. The fourth-order valence-corrected chi connectivity index (χ4v) is 2.91. The second kappa shape index (κ2) is 6.70. The molecule has 6 heteroatoms. The number of methoxy groups -OCH3 is 1. The molecule has 1 fully saturated rings. The number of carbonyl (C=O) groups excluding carboxylic acids is 1. The van der Waals surface area contributed by atoms with Crippen LogP contribution in [0.4, 0.5) is 0 Å². The van der Waals surface area contributed by atoms with Crippen molar-refractivity contribution in [2.24, 2.45) is 0 Å². The van der Waals surface area contributed by atoms with E-state index in [1.165, 1.54) is 6.33 Å². The van der Waals surface area contributed by atoms with Gasteiger partial charge in [-0.15, -0.1) is 0 Å². The Hall–Kier alpha value is -2.21. The third-order valence-electron chi connectivity index (χ3n) is 4.02. The smallest absolute Gasteiger partial charge is 0.254 e. The van der Waals surface area contributed by atoms with Gasteiger partial charge in [-0.05, 0) is 37.0 Å². The summed E-state index contributed by atoms with van der Waals surface area (Å²) in [6.45, 7) is 1.31. The van der Waals surface area contributed by atoms with E-state index in [1.807, 2.05) is 29.2 Å². The van der Waals surface area contributed by atoms with Gasteiger partial charge in [-0.25, -0.2) is 4.98 Å². The number of nitrogens with zero attached hydrogens (tertiary/aromatic N) is 3. The molecule has 3 rings (SSSR count). The highest BCUT2D eigenvalue weighted by molar-refractivity contribution is 5.94. The molecule has 1 saturated heterocycles. The quantitative estimate of drug-likeness (QED) is 0.940. The molecule has 1 aromatic heterocycles. The van der Waals surface area contributed by atoms with E-state index in [4.69, 9.17) is 4.74 Å². The van der Waals surface area contributed by atoms with Crippen LogP contribution >= 0.6 is 0 Å². The Kier molecular flexibility index (Phi) is 4.48. The van der Waals surface area contributed by atoms with Crippen molar-refractivity contribution in [1.82, 2.24) is 20.1 Å². The first-order chi connectivity index (χ1) is 10.8. The first-order valence-corrected chi connectivity index (χ1v) is 7.53. The first-order valence-electron chi connectivity index (χ1n) is 7.53. The van der Waals surface area contributed by atoms with Crippen LogP contribution in [0.3, 0.4) is 0 Å². The predicted octanol–water partition coefficient (Wildman–Crippen LogP) is 2.32. The molecule has 0 radical (unpaired) electrons. The van der Waals surface area contributed by atoms with Crippen LogP contribution in [0.1, 0.15) is 47.1 Å². The average molecular weight is 300 g/mol. The van der Waals surface area contributed by atoms with Crippen molar-refractivity contribution in [2.75, 3.05) is 13.7 Å². The summed E-state index contributed by atoms with van der Waals surface area (Å²) in [5.41, 5.74) is 1.76. The van der Waals surface area contributed by atoms with Crippen LogP contribution in [0.15, 0.2) is 30.6 Å². The third kappa shape index (κ3) is 3.01. The lowest BCUT2D eigenvalue weighted by Crippen LogP contribution is -2.39. The predicted molar refractivity (Wildman–Crippen MR) is 81.2 cm³/mol. The number of benzene rings is 1. The maximum atomic E-state index is 12.8. The van der Waals surface area contributed by atoms with Crippen LogP contribution in [-0.4, -0.2) is 39.6 Å². The van der Waals surface area contributed by atoms with E-state index in [9.17, 15) is 4.79 Å². The molecular formula is C16H20N4O2. The number of H-pyrrole nitrogens is 1. The highest BCUT2D eigenvalue weighted by atomic mass is 16.5. The maximum Gasteiger partial charge on any atom is 0.254 e. The zero-order chi connectivity index (χ0) is 15.4. The molecule has 2 heterocycles. The summed E-state index contributed by atoms with van der Waals surface area (Å²) < 4.78 is 5.10. The first kappa shape index (κ1) is 14.7. The van der Waals surface area contributed by atoms with Crippen LogP contribution in [-0.2, 0) is 11.3 Å². The maximum absolute atomic E-state index is 12.8. The molecule has 1 aromatic carbocycles. The zero-order valence-electron chi connectivity index (χ0n) is 12.7. The summed E-state index contributed by atoms with van der Waals surface area (Å²) in [5.74, 6) is 0.814. The van der Waals surface area contributed by atoms with Crippen molar-refractivity contribution < 1.29 is 9.53 Å². The van der Waals surface area contributed by atoms with Gasteiger partial charge in [0.2, 0.25) is 0 Å². The van der Waals surface area contributed by atoms with Gasteiger partial charge in [-0.3, -0.25) is 9.89 Å². The number of rotatable bonds is 4. The molecule has 0 bridgehead atoms. The number of aromatic amines is 1. The summed E-state index contributed by atoms with van der Waals surface area (Å²) in [7, 11) is 1.66. The van der Waals surface area contributed by atoms with Crippen molar-refractivity contribution >= 4 is 5.91 Å². The normalized spacial score (nSPS) is 18.4. The van der Waals surface area contributed by atoms with Gasteiger partial charge in [0.25, 0.3) is 5.91 Å². The van der Waals surface area contributed by atoms with Gasteiger partial charge in [0.15, 0.2) is 0 Å². The van der Waals surface area contributed by atoms with E-state index in [1.54, 1.807) is 7.11 Å². The fraction of sp³-hybridized carbons (Fsp3) is 0.438. The largest absolute Gasteiger partial charge is 0.380 e. The van der Waals surface area contributed by atoms with Crippen LogP contribution in [0, 0.1) is 0 Å². The molecule has 0 aliphatic carbocycles. The highest BCUT2D eigenvalue weighted by Gasteiger charge is 2.30. The Balaban J connectivity index is 1.79. The van der Waals surface area contributed by atoms with Gasteiger partial charge in [-0.2, -0.15) is 5.10 Å². The molecule has 1 aliphatic heterocycles. The molecule has 1 atom stereocenters. The minimum absolute atomic E-state index is 0.0117. The second-order valence-electron chi connectivity index (χ2n) is 5.51. The average Bonchev–Trinajstić information content (AvgIpc) is 3.10. The zero-order valence-corrected chi connectivity index (χ0v) is 12.7. The molecule has 0 saturated carbocycles. The Morgan fingerprint density at radius 2 is 2.18 bits per heavy atom. The van der Waals surface area contributed by atoms with Crippen molar-refractivity contribution in [1.29, 1.82) is 0 Å².